The predicted octanol–water partition coefficient (Wildman–Crippen LogP) is 14.3. The zero-order valence-electron chi connectivity index (χ0n) is 39.7. The number of anilines is 2. The van der Waals surface area contributed by atoms with E-state index in [0.29, 0.717) is 11.5 Å². The van der Waals surface area contributed by atoms with Crippen LogP contribution in [0.25, 0.3) is 88.9 Å². The van der Waals surface area contributed by atoms with Crippen molar-refractivity contribution in [2.45, 2.75) is 26.2 Å². The average Bonchev–Trinajstić information content (AvgIpc) is 3.96. The number of para-hydroxylation sites is 3. The molecule has 0 saturated heterocycles. The van der Waals surface area contributed by atoms with E-state index in [4.69, 9.17) is 9.72 Å². The molecule has 346 valence electrons. The summed E-state index contributed by atoms with van der Waals surface area (Å²) in [6.45, 7) is 6.27. The summed E-state index contributed by atoms with van der Waals surface area (Å²) in [7, 11) is 0. The molecule has 0 radical (unpaired) electrons. The molecule has 0 atom stereocenters. The van der Waals surface area contributed by atoms with Crippen LogP contribution in [0.15, 0.2) is 212 Å². The first-order valence-electron chi connectivity index (χ1n) is 24.2. The molecule has 12 aromatic rings. The van der Waals surface area contributed by atoms with Crippen molar-refractivity contribution in [2.24, 2.45) is 0 Å². The Kier molecular flexibility index (Phi) is 10.3. The van der Waals surface area contributed by atoms with Gasteiger partial charge in [0.25, 0.3) is 0 Å². The molecule has 8 heteroatoms. The van der Waals surface area contributed by atoms with Crippen LogP contribution in [0.4, 0.5) is 11.5 Å². The first-order valence-corrected chi connectivity index (χ1v) is 24.2. The zero-order chi connectivity index (χ0) is 47.4. The van der Waals surface area contributed by atoms with Gasteiger partial charge in [-0.05, 0) is 79.6 Å². The normalized spacial score (nSPS) is 12.6. The largest absolute Gasteiger partial charge is 0.525 e. The molecule has 8 bridgehead atoms. The summed E-state index contributed by atoms with van der Waals surface area (Å²) in [5.41, 5.74) is 16.5. The van der Waals surface area contributed by atoms with Crippen LogP contribution in [-0.4, -0.2) is 21.1 Å². The maximum atomic E-state index is 6.77. The third-order valence-corrected chi connectivity index (χ3v) is 14.3. The molecule has 0 spiro atoms. The zero-order valence-corrected chi connectivity index (χ0v) is 42.0. The van der Waals surface area contributed by atoms with E-state index < -0.39 is 6.98 Å². The summed E-state index contributed by atoms with van der Waals surface area (Å²) in [4.78, 5) is 8.43. The molecule has 0 fully saturated rings. The molecule has 0 saturated carbocycles. The number of nitrogens with zero attached hydrogens (tertiary/aromatic N) is 5. The second-order valence-electron chi connectivity index (χ2n) is 19.5. The van der Waals surface area contributed by atoms with Gasteiger partial charge in [-0.2, -0.15) is 18.2 Å². The second kappa shape index (κ2) is 17.0. The number of fused-ring (bicyclic) bond motifs is 19. The van der Waals surface area contributed by atoms with Crippen molar-refractivity contribution in [1.29, 1.82) is 0 Å². The Labute approximate surface area is 433 Å². The van der Waals surface area contributed by atoms with Crippen molar-refractivity contribution in [2.75, 3.05) is 4.81 Å². The van der Waals surface area contributed by atoms with E-state index in [9.17, 15) is 0 Å². The summed E-state index contributed by atoms with van der Waals surface area (Å²) in [5.74, 6) is 2.71. The number of ether oxygens (including phenoxy) is 1. The van der Waals surface area contributed by atoms with Crippen molar-refractivity contribution in [3.63, 3.8) is 0 Å². The van der Waals surface area contributed by atoms with Crippen LogP contribution in [-0.2, 0) is 26.5 Å². The fourth-order valence-electron chi connectivity index (χ4n) is 11.0. The monoisotopic (exact) mass is 1100 g/mol. The van der Waals surface area contributed by atoms with E-state index in [2.05, 4.69) is 252 Å². The van der Waals surface area contributed by atoms with Crippen LogP contribution in [0.3, 0.4) is 0 Å². The van der Waals surface area contributed by atoms with Gasteiger partial charge in [0.2, 0.25) is 6.33 Å². The number of pyridine rings is 1. The maximum Gasteiger partial charge on any atom is 0.525 e. The Hall–Kier alpha value is -8.25. The molecule has 72 heavy (non-hydrogen) atoms. The van der Waals surface area contributed by atoms with Gasteiger partial charge in [0.1, 0.15) is 11.6 Å². The number of imidazole rings is 1. The fourth-order valence-corrected chi connectivity index (χ4v) is 11.0. The minimum Gasteiger partial charge on any atom is -0.510 e. The third-order valence-electron chi connectivity index (χ3n) is 14.3. The smallest absolute Gasteiger partial charge is 0.510 e. The molecule has 2 aliphatic heterocycles. The maximum absolute atomic E-state index is 6.77. The van der Waals surface area contributed by atoms with Gasteiger partial charge in [-0.1, -0.05) is 190 Å². The Balaban J connectivity index is 0.00000504. The molecule has 14 rings (SSSR count). The molecule has 9 aromatic carbocycles. The summed E-state index contributed by atoms with van der Waals surface area (Å²) in [6, 6.07) is 83.5. The standard InChI is InChI=1S/C64H44BN5O.Pt/c1-64(2,3)43-37-61-66-62(38-43)70(58-33-16-12-23-47(58)42-19-5-4-6-20-42)65-56-31-14-11-28-52(56)50-26-9-7-24-48(50)49-25-8-10-27-51(49)55-30-18-34-59-63(55)68(65)41-67(59)44-21-17-22-45(39-44)71-46-35-36-54-53-29-13-15-32-57(53)69(61)60(54)40-46;/h4-38H,1-3H3;/q-2;. The van der Waals surface area contributed by atoms with Crippen LogP contribution < -0.4 is 19.5 Å². The van der Waals surface area contributed by atoms with E-state index in [1.165, 1.54) is 0 Å². The van der Waals surface area contributed by atoms with E-state index in [0.717, 1.165) is 111 Å². The molecule has 6 nitrogen and oxygen atoms in total. The Morgan fingerprint density at radius 3 is 1.89 bits per heavy atom. The topological polar surface area (TPSA) is 39.1 Å². The van der Waals surface area contributed by atoms with Gasteiger partial charge in [0, 0.05) is 54.8 Å². The molecule has 5 heterocycles. The number of hydrogen-bond donors (Lipinski definition) is 0. The fraction of sp³-hybridized carbons (Fsp3) is 0.0625. The van der Waals surface area contributed by atoms with Crippen molar-refractivity contribution >= 4 is 56.8 Å². The number of benzene rings is 9. The Morgan fingerprint density at radius 2 is 1.11 bits per heavy atom. The second-order valence-corrected chi connectivity index (χ2v) is 19.5. The third kappa shape index (κ3) is 6.90. The number of hydrogen-bond acceptors (Lipinski definition) is 3. The van der Waals surface area contributed by atoms with Crippen molar-refractivity contribution in [3.05, 3.63) is 236 Å². The van der Waals surface area contributed by atoms with Crippen molar-refractivity contribution in [1.82, 2.24) is 14.1 Å². The molecule has 2 aliphatic rings. The van der Waals surface area contributed by atoms with Gasteiger partial charge in [-0.15, -0.1) is 29.7 Å². The molecule has 0 amide bonds. The number of aromatic nitrogens is 4. The van der Waals surface area contributed by atoms with Crippen molar-refractivity contribution < 1.29 is 30.3 Å². The summed E-state index contributed by atoms with van der Waals surface area (Å²) in [6.07, 6.45) is 4.05. The predicted molar refractivity (Wildman–Crippen MR) is 288 cm³/mol. The van der Waals surface area contributed by atoms with Gasteiger partial charge >= 0.3 is 6.98 Å². The minimum atomic E-state index is -0.585. The van der Waals surface area contributed by atoms with Crippen LogP contribution >= 0.6 is 0 Å². The quantitative estimate of drug-likeness (QED) is 0.128. The van der Waals surface area contributed by atoms with Gasteiger partial charge in [0.05, 0.1) is 11.0 Å². The molecule has 0 N–H and O–H groups in total. The Bertz CT molecular complexity index is 4110. The average molecular weight is 1100 g/mol. The molecule has 0 aliphatic carbocycles. The van der Waals surface area contributed by atoms with Gasteiger partial charge in [-0.3, -0.25) is 0 Å². The molecule has 0 unspecified atom stereocenters. The van der Waals surface area contributed by atoms with Crippen LogP contribution in [0, 0.1) is 18.5 Å². The first-order chi connectivity index (χ1) is 34.9. The van der Waals surface area contributed by atoms with E-state index in [-0.39, 0.29) is 26.5 Å². The van der Waals surface area contributed by atoms with Crippen LogP contribution in [0.2, 0.25) is 0 Å². The Morgan fingerprint density at radius 1 is 0.514 bits per heavy atom. The van der Waals surface area contributed by atoms with E-state index >= 15 is 0 Å². The molecular weight excluding hydrogens is 1060 g/mol. The SMILES string of the molecule is CC(C)(C)c1cc2nc(c1)-n1c3[c-]c(ccc3c3ccccc31)Oc1[c-]c(ccc1)-n1[c-][n+]3c4c(cccc41)-c1ccccc1-c1ccccc1-c1ccccc1B3N2c1ccccc1-c1ccccc1.[Pt]. The molecule has 3 aromatic heterocycles. The van der Waals surface area contributed by atoms with Gasteiger partial charge in [-0.25, -0.2) is 4.98 Å². The van der Waals surface area contributed by atoms with Crippen LogP contribution in [0.1, 0.15) is 26.3 Å². The van der Waals surface area contributed by atoms with E-state index in [1.807, 2.05) is 18.2 Å². The first kappa shape index (κ1) is 43.7. The summed E-state index contributed by atoms with van der Waals surface area (Å²) in [5, 5.41) is 2.17. The van der Waals surface area contributed by atoms with Crippen molar-refractivity contribution in [3.8, 4) is 67.5 Å². The summed E-state index contributed by atoms with van der Waals surface area (Å²) < 4.78 is 13.6. The summed E-state index contributed by atoms with van der Waals surface area (Å²) >= 11 is 0. The van der Waals surface area contributed by atoms with Crippen LogP contribution in [0.5, 0.6) is 11.5 Å². The van der Waals surface area contributed by atoms with Gasteiger partial charge in [0.15, 0.2) is 0 Å². The molecular formula is C64H44BN5OPt-2. The number of rotatable bonds is 2. The van der Waals surface area contributed by atoms with Gasteiger partial charge < -0.3 is 23.2 Å². The van der Waals surface area contributed by atoms with E-state index in [1.54, 1.807) is 0 Å². The minimum absolute atomic E-state index is 0.